The molecule has 0 saturated heterocycles. The first-order chi connectivity index (χ1) is 8.63. The number of aromatic nitrogens is 1. The predicted molar refractivity (Wildman–Crippen MR) is 65.8 cm³/mol. The summed E-state index contributed by atoms with van der Waals surface area (Å²) < 4.78 is 4.54. The number of ether oxygens (including phenoxy) is 1. The molecule has 2 aromatic rings. The number of aromatic carboxylic acids is 1. The van der Waals surface area contributed by atoms with Crippen LogP contribution in [0.25, 0.3) is 10.4 Å². The highest BCUT2D eigenvalue weighted by Crippen LogP contribution is 2.30. The smallest absolute Gasteiger partial charge is 0.367 e. The van der Waals surface area contributed by atoms with Crippen molar-refractivity contribution >= 4 is 23.3 Å². The molecule has 0 atom stereocenters. The summed E-state index contributed by atoms with van der Waals surface area (Å²) >= 11 is 1.01. The standard InChI is InChI=1S/C12H9NO4S/c1-17-12(16)10-13-8(11(14)15)9(18-10)7-5-3-2-4-6-7/h2-6H,1H3,(H,14,15). The van der Waals surface area contributed by atoms with Crippen LogP contribution in [0.15, 0.2) is 30.3 Å². The van der Waals surface area contributed by atoms with Gasteiger partial charge in [0.1, 0.15) is 0 Å². The minimum absolute atomic E-state index is 0.0359. The van der Waals surface area contributed by atoms with Gasteiger partial charge in [-0.1, -0.05) is 30.3 Å². The lowest BCUT2D eigenvalue weighted by Crippen LogP contribution is -2.03. The van der Waals surface area contributed by atoms with Gasteiger partial charge in [0.05, 0.1) is 12.0 Å². The van der Waals surface area contributed by atoms with Gasteiger partial charge in [0.2, 0.25) is 5.01 Å². The Morgan fingerprint density at radius 3 is 2.50 bits per heavy atom. The predicted octanol–water partition coefficient (Wildman–Crippen LogP) is 2.29. The Balaban J connectivity index is 2.56. The van der Waals surface area contributed by atoms with Gasteiger partial charge in [-0.25, -0.2) is 14.6 Å². The number of carboxylic acid groups (broad SMARTS) is 1. The molecule has 0 amide bonds. The highest BCUT2D eigenvalue weighted by Gasteiger charge is 2.22. The molecule has 0 aliphatic rings. The van der Waals surface area contributed by atoms with Crippen LogP contribution in [0.5, 0.6) is 0 Å². The molecule has 92 valence electrons. The summed E-state index contributed by atoms with van der Waals surface area (Å²) in [5.74, 6) is -1.80. The third kappa shape index (κ3) is 2.23. The van der Waals surface area contributed by atoms with Gasteiger partial charge in [-0.2, -0.15) is 0 Å². The lowest BCUT2D eigenvalue weighted by atomic mass is 10.1. The molecule has 6 heteroatoms. The maximum Gasteiger partial charge on any atom is 0.367 e. The summed E-state index contributed by atoms with van der Waals surface area (Å²) in [6.07, 6.45) is 0. The van der Waals surface area contributed by atoms with Gasteiger partial charge < -0.3 is 9.84 Å². The van der Waals surface area contributed by atoms with E-state index in [-0.39, 0.29) is 10.7 Å². The zero-order valence-electron chi connectivity index (χ0n) is 9.41. The highest BCUT2D eigenvalue weighted by molar-refractivity contribution is 7.17. The van der Waals surface area contributed by atoms with Crippen molar-refractivity contribution in [3.63, 3.8) is 0 Å². The van der Waals surface area contributed by atoms with Crippen LogP contribution in [0.4, 0.5) is 0 Å². The minimum atomic E-state index is -1.17. The van der Waals surface area contributed by atoms with Crippen LogP contribution in [0, 0.1) is 0 Å². The summed E-state index contributed by atoms with van der Waals surface area (Å²) in [6.45, 7) is 0. The zero-order chi connectivity index (χ0) is 13.1. The number of esters is 1. The molecule has 1 heterocycles. The van der Waals surface area contributed by atoms with E-state index in [2.05, 4.69) is 9.72 Å². The van der Waals surface area contributed by atoms with Crippen LogP contribution >= 0.6 is 11.3 Å². The number of carbonyl (C=O) groups excluding carboxylic acids is 1. The van der Waals surface area contributed by atoms with Crippen molar-refractivity contribution in [3.8, 4) is 10.4 Å². The summed E-state index contributed by atoms with van der Waals surface area (Å²) in [5, 5.41) is 9.12. The summed E-state index contributed by atoms with van der Waals surface area (Å²) in [4.78, 5) is 26.7. The molecule has 0 radical (unpaired) electrons. The molecule has 1 N–H and O–H groups in total. The molecule has 0 fully saturated rings. The maximum atomic E-state index is 11.4. The topological polar surface area (TPSA) is 76.5 Å². The third-order valence-corrected chi connectivity index (χ3v) is 3.31. The molecule has 0 spiro atoms. The van der Waals surface area contributed by atoms with E-state index in [1.54, 1.807) is 24.3 Å². The van der Waals surface area contributed by atoms with Crippen LogP contribution in [0.2, 0.25) is 0 Å². The van der Waals surface area contributed by atoms with Crippen LogP contribution in [-0.2, 0) is 4.74 Å². The average molecular weight is 263 g/mol. The first-order valence-electron chi connectivity index (χ1n) is 5.01. The first kappa shape index (κ1) is 12.3. The molecule has 18 heavy (non-hydrogen) atoms. The Morgan fingerprint density at radius 2 is 1.94 bits per heavy atom. The second-order valence-corrected chi connectivity index (χ2v) is 4.36. The number of rotatable bonds is 3. The fourth-order valence-corrected chi connectivity index (χ4v) is 2.41. The molecule has 0 saturated carbocycles. The Morgan fingerprint density at radius 1 is 1.28 bits per heavy atom. The molecule has 5 nitrogen and oxygen atoms in total. The molecule has 0 aliphatic carbocycles. The molecule has 0 bridgehead atoms. The highest BCUT2D eigenvalue weighted by atomic mass is 32.1. The van der Waals surface area contributed by atoms with Crippen LogP contribution in [0.1, 0.15) is 20.3 Å². The molecule has 1 aromatic heterocycles. The van der Waals surface area contributed by atoms with Crippen molar-refractivity contribution in [2.24, 2.45) is 0 Å². The van der Waals surface area contributed by atoms with Gasteiger partial charge in [-0.3, -0.25) is 0 Å². The van der Waals surface area contributed by atoms with Crippen molar-refractivity contribution in [1.29, 1.82) is 0 Å². The zero-order valence-corrected chi connectivity index (χ0v) is 10.2. The lowest BCUT2D eigenvalue weighted by molar-refractivity contribution is 0.0600. The van der Waals surface area contributed by atoms with Crippen LogP contribution in [-0.4, -0.2) is 29.1 Å². The number of hydrogen-bond acceptors (Lipinski definition) is 5. The van der Waals surface area contributed by atoms with E-state index in [1.807, 2.05) is 6.07 Å². The molecule has 2 rings (SSSR count). The van der Waals surface area contributed by atoms with Gasteiger partial charge in [0.15, 0.2) is 5.69 Å². The average Bonchev–Trinajstić information content (AvgIpc) is 2.84. The van der Waals surface area contributed by atoms with Crippen molar-refractivity contribution in [1.82, 2.24) is 4.98 Å². The van der Waals surface area contributed by atoms with E-state index >= 15 is 0 Å². The fraction of sp³-hybridized carbons (Fsp3) is 0.0833. The number of benzene rings is 1. The summed E-state index contributed by atoms with van der Waals surface area (Å²) in [6, 6.07) is 8.94. The maximum absolute atomic E-state index is 11.4. The van der Waals surface area contributed by atoms with Crippen LogP contribution in [0.3, 0.4) is 0 Å². The molecular weight excluding hydrogens is 254 g/mol. The number of hydrogen-bond donors (Lipinski definition) is 1. The lowest BCUT2D eigenvalue weighted by Gasteiger charge is -1.97. The number of methoxy groups -OCH3 is 1. The van der Waals surface area contributed by atoms with Gasteiger partial charge in [-0.05, 0) is 5.56 Å². The molecule has 0 aliphatic heterocycles. The molecule has 0 unspecified atom stereocenters. The van der Waals surface area contributed by atoms with Crippen molar-refractivity contribution < 1.29 is 19.4 Å². The van der Waals surface area contributed by atoms with Gasteiger partial charge in [0.25, 0.3) is 0 Å². The minimum Gasteiger partial charge on any atom is -0.476 e. The second kappa shape index (κ2) is 4.97. The first-order valence-corrected chi connectivity index (χ1v) is 5.83. The number of nitrogens with zero attached hydrogens (tertiary/aromatic N) is 1. The van der Waals surface area contributed by atoms with Gasteiger partial charge in [0, 0.05) is 0 Å². The van der Waals surface area contributed by atoms with E-state index in [4.69, 9.17) is 5.11 Å². The SMILES string of the molecule is COC(=O)c1nc(C(=O)O)c(-c2ccccc2)s1. The fourth-order valence-electron chi connectivity index (χ4n) is 1.42. The van der Waals surface area contributed by atoms with E-state index in [0.29, 0.717) is 10.4 Å². The second-order valence-electron chi connectivity index (χ2n) is 3.36. The Labute approximate surface area is 107 Å². The van der Waals surface area contributed by atoms with Crippen molar-refractivity contribution in [3.05, 3.63) is 41.0 Å². The number of carbonyl (C=O) groups is 2. The summed E-state index contributed by atoms with van der Waals surface area (Å²) in [7, 11) is 1.23. The monoisotopic (exact) mass is 263 g/mol. The Kier molecular flexibility index (Phi) is 3.38. The largest absolute Gasteiger partial charge is 0.476 e. The molecular formula is C12H9NO4S. The van der Waals surface area contributed by atoms with Crippen molar-refractivity contribution in [2.75, 3.05) is 7.11 Å². The Bertz CT molecular complexity index is 591. The van der Waals surface area contributed by atoms with Crippen LogP contribution < -0.4 is 0 Å². The normalized spacial score (nSPS) is 10.1. The van der Waals surface area contributed by atoms with E-state index in [9.17, 15) is 9.59 Å². The van der Waals surface area contributed by atoms with E-state index in [0.717, 1.165) is 11.3 Å². The van der Waals surface area contributed by atoms with E-state index < -0.39 is 11.9 Å². The van der Waals surface area contributed by atoms with E-state index in [1.165, 1.54) is 7.11 Å². The van der Waals surface area contributed by atoms with Crippen molar-refractivity contribution in [2.45, 2.75) is 0 Å². The molecule has 1 aromatic carbocycles. The van der Waals surface area contributed by atoms with Gasteiger partial charge in [-0.15, -0.1) is 11.3 Å². The van der Waals surface area contributed by atoms with Gasteiger partial charge >= 0.3 is 11.9 Å². The third-order valence-electron chi connectivity index (χ3n) is 2.23. The quantitative estimate of drug-likeness (QED) is 0.860. The number of carboxylic acids is 1. The Hall–Kier alpha value is -2.21. The number of thiazole rings is 1. The summed E-state index contributed by atoms with van der Waals surface area (Å²) in [5.41, 5.74) is 0.578.